The number of para-hydroxylation sites is 1. The van der Waals surface area contributed by atoms with E-state index >= 15 is 0 Å². The monoisotopic (exact) mass is 593 g/mol. The van der Waals surface area contributed by atoms with Gasteiger partial charge in [0.15, 0.2) is 17.7 Å². The Balaban J connectivity index is 1.45. The van der Waals surface area contributed by atoms with Gasteiger partial charge in [-0.25, -0.2) is 9.36 Å². The summed E-state index contributed by atoms with van der Waals surface area (Å²) in [5.74, 6) is -1.36. The highest BCUT2D eigenvalue weighted by Crippen LogP contribution is 2.72. The summed E-state index contributed by atoms with van der Waals surface area (Å²) in [6.07, 6.45) is 3.15. The average Bonchev–Trinajstić information content (AvgIpc) is 3.54. The molecule has 2 N–H and O–H groups in total. The predicted octanol–water partition coefficient (Wildman–Crippen LogP) is 4.57. The van der Waals surface area contributed by atoms with Crippen molar-refractivity contribution >= 4 is 22.8 Å². The van der Waals surface area contributed by atoms with Crippen LogP contribution in [0.2, 0.25) is 0 Å². The summed E-state index contributed by atoms with van der Waals surface area (Å²) < 4.78 is 27.0. The van der Waals surface area contributed by atoms with E-state index in [9.17, 15) is 19.8 Å². The number of ketones is 1. The van der Waals surface area contributed by atoms with Crippen LogP contribution in [0.1, 0.15) is 78.0 Å². The summed E-state index contributed by atoms with van der Waals surface area (Å²) in [6.45, 7) is 10.6. The molecule has 3 heterocycles. The fraction of sp³-hybridized carbons (Fsp3) is 0.647. The molecule has 232 valence electrons. The predicted molar refractivity (Wildman–Crippen MR) is 158 cm³/mol. The molecule has 1 saturated heterocycles. The second kappa shape index (κ2) is 9.47. The molecule has 2 saturated carbocycles. The van der Waals surface area contributed by atoms with Crippen molar-refractivity contribution < 1.29 is 38.7 Å². The Labute approximate surface area is 252 Å². The zero-order chi connectivity index (χ0) is 30.6. The third kappa shape index (κ3) is 3.51. The maximum Gasteiger partial charge on any atom is 0.418 e. The number of hydrogen-bond acceptors (Lipinski definition) is 8. The summed E-state index contributed by atoms with van der Waals surface area (Å²) in [6, 6.07) is 7.88. The third-order valence-corrected chi connectivity index (χ3v) is 11.6. The molecule has 1 aromatic carbocycles. The van der Waals surface area contributed by atoms with Crippen molar-refractivity contribution in [2.45, 2.75) is 108 Å². The van der Waals surface area contributed by atoms with E-state index in [0.29, 0.717) is 37.9 Å². The SMILES string of the molecule is CCCO[C@H]1C[C@H]2Cc3c(n(C(=O)OCCCO)c4ccccc34)[C@]2(C)[C@@]2(C)CC[C@@]34O[C@@H](C(=O)C=C3[C@]12O)C(C)(C)O4. The van der Waals surface area contributed by atoms with Crippen LogP contribution in [0.15, 0.2) is 35.9 Å². The Morgan fingerprint density at radius 3 is 2.65 bits per heavy atom. The van der Waals surface area contributed by atoms with E-state index < -0.39 is 46.1 Å². The number of carbonyl (C=O) groups is 2. The molecule has 0 amide bonds. The number of benzene rings is 1. The molecule has 5 aliphatic rings. The van der Waals surface area contributed by atoms with Crippen LogP contribution in [0.25, 0.3) is 10.9 Å². The molecule has 0 radical (unpaired) electrons. The second-order valence-corrected chi connectivity index (χ2v) is 14.1. The Bertz CT molecular complexity index is 1540. The molecule has 2 aromatic rings. The van der Waals surface area contributed by atoms with Crippen LogP contribution >= 0.6 is 0 Å². The maximum absolute atomic E-state index is 13.8. The van der Waals surface area contributed by atoms with Gasteiger partial charge in [0.1, 0.15) is 11.2 Å². The molecule has 1 spiro atoms. The number of ether oxygens (including phenoxy) is 4. The lowest BCUT2D eigenvalue weighted by molar-refractivity contribution is -0.280. The van der Waals surface area contributed by atoms with Crippen LogP contribution in [-0.4, -0.2) is 75.7 Å². The number of aliphatic hydroxyl groups excluding tert-OH is 1. The summed E-state index contributed by atoms with van der Waals surface area (Å²) >= 11 is 0. The fourth-order valence-corrected chi connectivity index (χ4v) is 9.50. The first-order chi connectivity index (χ1) is 20.4. The molecule has 3 fully saturated rings. The maximum atomic E-state index is 13.8. The Morgan fingerprint density at radius 1 is 1.14 bits per heavy atom. The van der Waals surface area contributed by atoms with Gasteiger partial charge in [0.05, 0.1) is 18.2 Å². The highest BCUT2D eigenvalue weighted by Gasteiger charge is 2.78. The first-order valence-corrected chi connectivity index (χ1v) is 15.8. The Morgan fingerprint density at radius 2 is 1.91 bits per heavy atom. The molecule has 7 atom stereocenters. The summed E-state index contributed by atoms with van der Waals surface area (Å²) in [5, 5.41) is 23.7. The molecular weight excluding hydrogens is 550 g/mol. The van der Waals surface area contributed by atoms with Crippen molar-refractivity contribution in [2.75, 3.05) is 19.8 Å². The number of carbonyl (C=O) groups excluding carboxylic acids is 2. The zero-order valence-corrected chi connectivity index (χ0v) is 25.8. The normalized spacial score (nSPS) is 38.7. The number of nitrogens with zero attached hydrogens (tertiary/aromatic N) is 1. The van der Waals surface area contributed by atoms with Crippen LogP contribution in [0.3, 0.4) is 0 Å². The van der Waals surface area contributed by atoms with E-state index in [1.54, 1.807) is 10.6 Å². The quantitative estimate of drug-likeness (QED) is 0.468. The van der Waals surface area contributed by atoms with Crippen LogP contribution in [0, 0.1) is 11.3 Å². The van der Waals surface area contributed by atoms with Gasteiger partial charge >= 0.3 is 6.09 Å². The van der Waals surface area contributed by atoms with Gasteiger partial charge in [-0.15, -0.1) is 0 Å². The van der Waals surface area contributed by atoms with Gasteiger partial charge in [-0.05, 0) is 63.2 Å². The highest BCUT2D eigenvalue weighted by atomic mass is 16.8. The molecule has 9 nitrogen and oxygen atoms in total. The van der Waals surface area contributed by atoms with E-state index in [0.717, 1.165) is 35.0 Å². The fourth-order valence-electron chi connectivity index (χ4n) is 9.50. The molecule has 3 aliphatic carbocycles. The number of fused-ring (bicyclic) bond motifs is 9. The highest BCUT2D eigenvalue weighted by molar-refractivity contribution is 5.98. The minimum atomic E-state index is -1.61. The van der Waals surface area contributed by atoms with Crippen molar-refractivity contribution in [1.29, 1.82) is 0 Å². The van der Waals surface area contributed by atoms with E-state index in [1.807, 2.05) is 45.0 Å². The lowest BCUT2D eigenvalue weighted by atomic mass is 9.41. The van der Waals surface area contributed by atoms with Gasteiger partial charge in [-0.3, -0.25) is 4.79 Å². The number of rotatable bonds is 6. The van der Waals surface area contributed by atoms with E-state index in [4.69, 9.17) is 18.9 Å². The minimum absolute atomic E-state index is 0.0641. The Kier molecular flexibility index (Phi) is 6.42. The van der Waals surface area contributed by atoms with Crippen molar-refractivity contribution in [3.63, 3.8) is 0 Å². The summed E-state index contributed by atoms with van der Waals surface area (Å²) in [4.78, 5) is 27.4. The van der Waals surface area contributed by atoms with Gasteiger partial charge < -0.3 is 29.2 Å². The molecule has 9 heteroatoms. The second-order valence-electron chi connectivity index (χ2n) is 14.1. The average molecular weight is 594 g/mol. The van der Waals surface area contributed by atoms with E-state index in [1.165, 1.54) is 0 Å². The van der Waals surface area contributed by atoms with Crippen molar-refractivity contribution in [2.24, 2.45) is 11.3 Å². The standard InChI is InChI=1S/C34H43NO8/c1-6-15-40-26-18-20-17-22-21-10-7-8-11-23(21)35(29(38)41-16-9-14-36)27(22)32(20,5)31(4)12-13-33-25(34(26,31)39)19-24(37)28(42-33)30(2,3)43-33/h7-8,10-11,19-20,26,28,36,39H,6,9,12-18H2,1-5H3/t20-,26+,28+,31-,32-,33+,34+/m1/s1. The summed E-state index contributed by atoms with van der Waals surface area (Å²) in [5.41, 5.74) is -0.866. The van der Waals surface area contributed by atoms with Gasteiger partial charge in [0, 0.05) is 53.5 Å². The van der Waals surface area contributed by atoms with Crippen LogP contribution in [-0.2, 0) is 35.6 Å². The first-order valence-electron chi connectivity index (χ1n) is 15.8. The van der Waals surface area contributed by atoms with Crippen LogP contribution < -0.4 is 0 Å². The Hall–Kier alpha value is -2.56. The molecule has 43 heavy (non-hydrogen) atoms. The topological polar surface area (TPSA) is 116 Å². The molecular formula is C34H43NO8. The molecule has 0 unspecified atom stereocenters. The lowest BCUT2D eigenvalue weighted by Crippen LogP contribution is -2.75. The smallest absolute Gasteiger partial charge is 0.418 e. The zero-order valence-electron chi connectivity index (χ0n) is 25.8. The van der Waals surface area contributed by atoms with E-state index in [-0.39, 0.29) is 24.9 Å². The van der Waals surface area contributed by atoms with Gasteiger partial charge in [0.25, 0.3) is 0 Å². The van der Waals surface area contributed by atoms with Crippen molar-refractivity contribution in [1.82, 2.24) is 4.57 Å². The number of hydrogen-bond donors (Lipinski definition) is 2. The van der Waals surface area contributed by atoms with Crippen LogP contribution in [0.4, 0.5) is 4.79 Å². The van der Waals surface area contributed by atoms with Crippen molar-refractivity contribution in [3.05, 3.63) is 47.2 Å². The third-order valence-electron chi connectivity index (χ3n) is 11.6. The summed E-state index contributed by atoms with van der Waals surface area (Å²) in [7, 11) is 0. The molecule has 2 bridgehead atoms. The molecule has 1 aromatic heterocycles. The first kappa shape index (κ1) is 29.2. The van der Waals surface area contributed by atoms with E-state index in [2.05, 4.69) is 13.8 Å². The van der Waals surface area contributed by atoms with Gasteiger partial charge in [0.2, 0.25) is 0 Å². The molecule has 2 aliphatic heterocycles. The number of aliphatic hydroxyl groups is 2. The van der Waals surface area contributed by atoms with Crippen LogP contribution in [0.5, 0.6) is 0 Å². The van der Waals surface area contributed by atoms with Gasteiger partial charge in [-0.2, -0.15) is 0 Å². The lowest BCUT2D eigenvalue weighted by Gasteiger charge is -2.67. The minimum Gasteiger partial charge on any atom is -0.449 e. The largest absolute Gasteiger partial charge is 0.449 e. The van der Waals surface area contributed by atoms with Crippen molar-refractivity contribution in [3.8, 4) is 0 Å². The number of aromatic nitrogens is 1. The van der Waals surface area contributed by atoms with Gasteiger partial charge in [-0.1, -0.05) is 39.0 Å². The molecule has 7 rings (SSSR count).